The van der Waals surface area contributed by atoms with E-state index in [1.807, 2.05) is 36.1 Å². The number of hydrogen-bond acceptors (Lipinski definition) is 7. The minimum atomic E-state index is -0.825. The Morgan fingerprint density at radius 1 is 1.05 bits per heavy atom. The van der Waals surface area contributed by atoms with Crippen molar-refractivity contribution in [3.05, 3.63) is 71.2 Å². The highest BCUT2D eigenvalue weighted by Crippen LogP contribution is 2.33. The van der Waals surface area contributed by atoms with Crippen molar-refractivity contribution < 1.29 is 13.4 Å². The van der Waals surface area contributed by atoms with E-state index in [0.717, 1.165) is 31.6 Å². The molecule has 2 fully saturated rings. The molecule has 6 rings (SSSR count). The van der Waals surface area contributed by atoms with E-state index < -0.39 is 10.8 Å². The molecule has 2 aromatic carbocycles. The first-order chi connectivity index (χ1) is 20.3. The summed E-state index contributed by atoms with van der Waals surface area (Å²) < 4.78 is 27.8. The number of benzene rings is 2. The normalized spacial score (nSPS) is 18.9. The van der Waals surface area contributed by atoms with E-state index in [-0.39, 0.29) is 35.3 Å². The molecular formula is C30H34FN7O3S. The molecule has 2 atom stereocenters. The minimum Gasteiger partial charge on any atom is -0.367 e. The van der Waals surface area contributed by atoms with Gasteiger partial charge in [0.2, 0.25) is 11.9 Å². The molecule has 0 saturated carbocycles. The number of aromatic nitrogens is 4. The predicted molar refractivity (Wildman–Crippen MR) is 163 cm³/mol. The van der Waals surface area contributed by atoms with E-state index in [9.17, 15) is 18.2 Å². The number of fused-ring (bicyclic) bond motifs is 1. The topological polar surface area (TPSA) is 107 Å². The van der Waals surface area contributed by atoms with Crippen molar-refractivity contribution in [2.24, 2.45) is 0 Å². The van der Waals surface area contributed by atoms with Crippen LogP contribution in [0.3, 0.4) is 0 Å². The molecule has 1 N–H and O–H groups in total. The van der Waals surface area contributed by atoms with Gasteiger partial charge in [0, 0.05) is 90.3 Å². The number of piperazine rings is 1. The van der Waals surface area contributed by atoms with Crippen molar-refractivity contribution in [3.8, 4) is 11.1 Å². The monoisotopic (exact) mass is 591 g/mol. The van der Waals surface area contributed by atoms with Crippen molar-refractivity contribution in [2.75, 3.05) is 48.8 Å². The van der Waals surface area contributed by atoms with Gasteiger partial charge in [-0.3, -0.25) is 13.6 Å². The maximum Gasteiger partial charge on any atom is 0.326 e. The molecule has 2 aromatic heterocycles. The molecule has 0 spiro atoms. The second-order valence-corrected chi connectivity index (χ2v) is 12.7. The summed E-state index contributed by atoms with van der Waals surface area (Å²) in [5.74, 6) is 0.150. The molecule has 0 bridgehead atoms. The number of amides is 1. The van der Waals surface area contributed by atoms with Gasteiger partial charge in [-0.15, -0.1) is 0 Å². The molecule has 2 saturated heterocycles. The molecule has 4 heterocycles. The summed E-state index contributed by atoms with van der Waals surface area (Å²) in [6, 6.07) is 11.9. The van der Waals surface area contributed by atoms with Gasteiger partial charge < -0.3 is 19.7 Å². The number of carbonyl (C=O) groups is 1. The highest BCUT2D eigenvalue weighted by molar-refractivity contribution is 7.84. The van der Waals surface area contributed by atoms with Crippen molar-refractivity contribution in [3.63, 3.8) is 0 Å². The lowest BCUT2D eigenvalue weighted by molar-refractivity contribution is -0.134. The number of hydrogen-bond donors (Lipinski definition) is 1. The Bertz CT molecular complexity index is 1680. The van der Waals surface area contributed by atoms with Gasteiger partial charge in [0.1, 0.15) is 12.4 Å². The lowest BCUT2D eigenvalue weighted by atomic mass is 10.0. The average molecular weight is 592 g/mol. The minimum absolute atomic E-state index is 0.0351. The quantitative estimate of drug-likeness (QED) is 0.367. The fourth-order valence-electron chi connectivity index (χ4n) is 6.06. The molecule has 2 aliphatic rings. The maximum atomic E-state index is 14.5. The van der Waals surface area contributed by atoms with Crippen LogP contribution in [0, 0.1) is 5.82 Å². The number of para-hydroxylation sites is 2. The van der Waals surface area contributed by atoms with Crippen LogP contribution in [-0.2, 0) is 22.1 Å². The number of carbonyl (C=O) groups excluding carboxylic acids is 1. The maximum absolute atomic E-state index is 14.5. The third-order valence-corrected chi connectivity index (χ3v) is 9.78. The van der Waals surface area contributed by atoms with Crippen LogP contribution >= 0.6 is 0 Å². The predicted octanol–water partition coefficient (Wildman–Crippen LogP) is 3.01. The van der Waals surface area contributed by atoms with E-state index in [1.165, 1.54) is 16.7 Å². The first-order valence-electron chi connectivity index (χ1n) is 14.2. The van der Waals surface area contributed by atoms with Gasteiger partial charge in [-0.2, -0.15) is 0 Å². The van der Waals surface area contributed by atoms with Crippen molar-refractivity contribution >= 4 is 39.4 Å². The van der Waals surface area contributed by atoms with E-state index in [2.05, 4.69) is 24.8 Å². The number of imidazole rings is 1. The van der Waals surface area contributed by atoms with Crippen LogP contribution in [0.2, 0.25) is 0 Å². The lowest BCUT2D eigenvalue weighted by Gasteiger charge is -2.41. The van der Waals surface area contributed by atoms with Gasteiger partial charge in [-0.1, -0.05) is 12.1 Å². The van der Waals surface area contributed by atoms with Gasteiger partial charge in [0.25, 0.3) is 0 Å². The first-order valence-corrected chi connectivity index (χ1v) is 15.8. The van der Waals surface area contributed by atoms with Gasteiger partial charge in [0.05, 0.1) is 11.0 Å². The van der Waals surface area contributed by atoms with Gasteiger partial charge in [0.15, 0.2) is 0 Å². The third kappa shape index (κ3) is 5.55. The molecule has 0 radical (unpaired) electrons. The van der Waals surface area contributed by atoms with E-state index in [4.69, 9.17) is 0 Å². The number of aromatic amines is 1. The molecule has 10 nitrogen and oxygen atoms in total. The van der Waals surface area contributed by atoms with Crippen LogP contribution in [-0.4, -0.2) is 84.8 Å². The molecule has 4 aromatic rings. The van der Waals surface area contributed by atoms with Crippen LogP contribution < -0.4 is 15.5 Å². The SMILES string of the molecule is CC1CN(c2ccc(F)cc2-c2cnc(N3CCC(S(C)=O)CC3)nc2)CCN1C(=O)Cn1c(=O)[nH]c2ccccc21. The standard InChI is InChI=1S/C30H34FN7O3S/c1-20-18-36(13-14-37(20)28(39)19-38-27-6-4-3-5-25(27)34-30(38)40)26-8-7-22(31)15-24(26)21-16-32-29(33-17-21)35-11-9-23(10-12-35)42(2)41/h3-8,15-17,20,23H,9-14,18-19H2,1-2H3,(H,34,40). The van der Waals surface area contributed by atoms with Gasteiger partial charge in [-0.25, -0.2) is 19.2 Å². The molecule has 2 unspecified atom stereocenters. The Balaban J connectivity index is 1.16. The number of nitrogens with one attached hydrogen (secondary N) is 1. The van der Waals surface area contributed by atoms with Crippen LogP contribution in [0.4, 0.5) is 16.0 Å². The van der Waals surface area contributed by atoms with Crippen LogP contribution in [0.25, 0.3) is 22.2 Å². The van der Waals surface area contributed by atoms with Crippen LogP contribution in [0.5, 0.6) is 0 Å². The number of halogens is 1. The molecule has 0 aliphatic carbocycles. The van der Waals surface area contributed by atoms with Crippen LogP contribution in [0.1, 0.15) is 19.8 Å². The van der Waals surface area contributed by atoms with Crippen LogP contribution in [0.15, 0.2) is 59.7 Å². The van der Waals surface area contributed by atoms with E-state index >= 15 is 0 Å². The Morgan fingerprint density at radius 3 is 2.50 bits per heavy atom. The Kier molecular flexibility index (Phi) is 7.80. The number of H-pyrrole nitrogens is 1. The fourth-order valence-corrected chi connectivity index (χ4v) is 6.94. The van der Waals surface area contributed by atoms with Gasteiger partial charge >= 0.3 is 5.69 Å². The summed E-state index contributed by atoms with van der Waals surface area (Å²) in [5.41, 5.74) is 3.36. The molecular weight excluding hydrogens is 557 g/mol. The summed E-state index contributed by atoms with van der Waals surface area (Å²) in [6.45, 7) is 5.05. The number of rotatable bonds is 6. The Morgan fingerprint density at radius 2 is 1.79 bits per heavy atom. The zero-order chi connectivity index (χ0) is 29.4. The molecule has 220 valence electrons. The molecule has 1 amide bonds. The number of piperidine rings is 1. The van der Waals surface area contributed by atoms with E-state index in [1.54, 1.807) is 24.7 Å². The first kappa shape index (κ1) is 28.1. The van der Waals surface area contributed by atoms with Crippen molar-refractivity contribution in [1.82, 2.24) is 24.4 Å². The highest BCUT2D eigenvalue weighted by Gasteiger charge is 2.30. The summed E-state index contributed by atoms with van der Waals surface area (Å²) in [7, 11) is -0.825. The summed E-state index contributed by atoms with van der Waals surface area (Å²) in [4.78, 5) is 43.9. The zero-order valence-corrected chi connectivity index (χ0v) is 24.5. The summed E-state index contributed by atoms with van der Waals surface area (Å²) >= 11 is 0. The Labute approximate surface area is 245 Å². The second kappa shape index (κ2) is 11.7. The van der Waals surface area contributed by atoms with Gasteiger partial charge in [-0.05, 0) is 50.1 Å². The average Bonchev–Trinajstić information content (AvgIpc) is 3.31. The molecule has 12 heteroatoms. The summed E-state index contributed by atoms with van der Waals surface area (Å²) in [6.07, 6.45) is 6.90. The molecule has 2 aliphatic heterocycles. The molecule has 42 heavy (non-hydrogen) atoms. The number of nitrogens with zero attached hydrogens (tertiary/aromatic N) is 6. The Hall–Kier alpha value is -4.06. The van der Waals surface area contributed by atoms with E-state index in [0.29, 0.717) is 47.7 Å². The summed E-state index contributed by atoms with van der Waals surface area (Å²) in [5, 5.41) is 0.213. The smallest absolute Gasteiger partial charge is 0.326 e. The number of anilines is 2. The van der Waals surface area contributed by atoms with Crippen molar-refractivity contribution in [2.45, 2.75) is 37.6 Å². The zero-order valence-electron chi connectivity index (χ0n) is 23.7. The lowest BCUT2D eigenvalue weighted by Crippen LogP contribution is -2.55. The van der Waals surface area contributed by atoms with Crippen molar-refractivity contribution in [1.29, 1.82) is 0 Å². The largest absolute Gasteiger partial charge is 0.367 e. The second-order valence-electron chi connectivity index (χ2n) is 11.0. The highest BCUT2D eigenvalue weighted by atomic mass is 32.2. The third-order valence-electron chi connectivity index (χ3n) is 8.37. The fraction of sp³-hybridized carbons (Fsp3) is 0.400.